The van der Waals surface area contributed by atoms with Gasteiger partial charge < -0.3 is 26.2 Å². The Morgan fingerprint density at radius 2 is 2.00 bits per heavy atom. The Labute approximate surface area is 222 Å². The predicted octanol–water partition coefficient (Wildman–Crippen LogP) is 1.99. The summed E-state index contributed by atoms with van der Waals surface area (Å²) in [5, 5.41) is 10.8. The van der Waals surface area contributed by atoms with Crippen molar-refractivity contribution in [2.24, 2.45) is 10.7 Å². The van der Waals surface area contributed by atoms with Crippen LogP contribution in [0.2, 0.25) is 0 Å². The molecule has 2 heterocycles. The van der Waals surface area contributed by atoms with Crippen LogP contribution >= 0.6 is 0 Å². The van der Waals surface area contributed by atoms with Gasteiger partial charge in [-0.2, -0.15) is 0 Å². The normalized spacial score (nSPS) is 19.6. The van der Waals surface area contributed by atoms with Crippen LogP contribution in [0.3, 0.4) is 0 Å². The van der Waals surface area contributed by atoms with E-state index in [0.717, 1.165) is 5.56 Å². The highest BCUT2D eigenvalue weighted by Crippen LogP contribution is 2.27. The third-order valence-electron chi connectivity index (χ3n) is 6.44. The molecule has 1 fully saturated rings. The first-order chi connectivity index (χ1) is 18.4. The number of amides is 2. The second-order valence-corrected chi connectivity index (χ2v) is 9.41. The van der Waals surface area contributed by atoms with Crippen LogP contribution in [0.5, 0.6) is 0 Å². The van der Waals surface area contributed by atoms with Gasteiger partial charge in [-0.1, -0.05) is 37.3 Å². The first kappa shape index (κ1) is 27.3. The Balaban J connectivity index is 1.53. The minimum atomic E-state index is -0.379. The zero-order chi connectivity index (χ0) is 27.1. The number of carbonyl (C=O) groups is 2. The quantitative estimate of drug-likeness (QED) is 0.351. The highest BCUT2D eigenvalue weighted by Gasteiger charge is 2.27. The van der Waals surface area contributed by atoms with Gasteiger partial charge in [0.15, 0.2) is 0 Å². The third kappa shape index (κ3) is 6.77. The van der Waals surface area contributed by atoms with Crippen molar-refractivity contribution in [2.45, 2.75) is 38.9 Å². The average Bonchev–Trinajstić information content (AvgIpc) is 3.22. The molecule has 5 N–H and O–H groups in total. The summed E-state index contributed by atoms with van der Waals surface area (Å²) in [6, 6.07) is 7.30. The lowest BCUT2D eigenvalue weighted by atomic mass is 10.1. The van der Waals surface area contributed by atoms with Gasteiger partial charge in [0.25, 0.3) is 5.91 Å². The van der Waals surface area contributed by atoms with Gasteiger partial charge in [0.05, 0.1) is 25.0 Å². The maximum Gasteiger partial charge on any atom is 0.273 e. The maximum absolute atomic E-state index is 13.5. The van der Waals surface area contributed by atoms with E-state index in [1.165, 1.54) is 5.06 Å². The number of hydrogen-bond donors (Lipinski definition) is 3. The van der Waals surface area contributed by atoms with Crippen LogP contribution in [-0.2, 0) is 25.8 Å². The highest BCUT2D eigenvalue weighted by molar-refractivity contribution is 6.01. The summed E-state index contributed by atoms with van der Waals surface area (Å²) in [5.74, 6) is -0.0854. The number of aliphatic imine (C=N–C) groups is 1. The van der Waals surface area contributed by atoms with E-state index in [1.54, 1.807) is 35.3 Å². The van der Waals surface area contributed by atoms with Crippen LogP contribution in [-0.4, -0.2) is 71.7 Å². The lowest BCUT2D eigenvalue weighted by molar-refractivity contribution is -0.187. The molecule has 38 heavy (non-hydrogen) atoms. The molecule has 1 aliphatic carbocycles. The molecule has 0 aromatic heterocycles. The Bertz CT molecular complexity index is 1200. The molecule has 1 aromatic carbocycles. The van der Waals surface area contributed by atoms with E-state index >= 15 is 0 Å². The Morgan fingerprint density at radius 3 is 2.74 bits per heavy atom. The molecule has 4 rings (SSSR count). The number of nitrogen functional groups attached to an aromatic ring is 1. The van der Waals surface area contributed by atoms with Gasteiger partial charge in [0.2, 0.25) is 5.91 Å². The molecule has 0 radical (unpaired) electrons. The molecule has 1 saturated heterocycles. The van der Waals surface area contributed by atoms with Gasteiger partial charge >= 0.3 is 0 Å². The summed E-state index contributed by atoms with van der Waals surface area (Å²) in [5.41, 5.74) is 15.9. The van der Waals surface area contributed by atoms with Crippen molar-refractivity contribution in [3.8, 4) is 0 Å². The number of morpholine rings is 1. The van der Waals surface area contributed by atoms with E-state index in [4.69, 9.17) is 21.0 Å². The monoisotopic (exact) mass is 521 g/mol. The number of benzene rings is 1. The van der Waals surface area contributed by atoms with Crippen LogP contribution in [0.15, 0.2) is 76.0 Å². The van der Waals surface area contributed by atoms with Crippen molar-refractivity contribution in [1.29, 1.82) is 0 Å². The highest BCUT2D eigenvalue weighted by atomic mass is 16.7. The number of allylic oxidation sites excluding steroid dienone is 4. The lowest BCUT2D eigenvalue weighted by Gasteiger charge is -2.32. The molecule has 2 amide bonds. The Kier molecular flexibility index (Phi) is 9.11. The number of nitrogens with two attached hydrogens (primary N) is 2. The largest absolute Gasteiger partial charge is 0.399 e. The van der Waals surface area contributed by atoms with Crippen LogP contribution < -0.4 is 11.5 Å². The van der Waals surface area contributed by atoms with E-state index in [0.29, 0.717) is 73.0 Å². The smallest absolute Gasteiger partial charge is 0.273 e. The topological polar surface area (TPSA) is 144 Å². The van der Waals surface area contributed by atoms with Gasteiger partial charge in [-0.3, -0.25) is 14.4 Å². The summed E-state index contributed by atoms with van der Waals surface area (Å²) in [7, 11) is 0. The van der Waals surface area contributed by atoms with Gasteiger partial charge in [0.1, 0.15) is 12.4 Å². The Morgan fingerprint density at radius 1 is 1.21 bits per heavy atom. The van der Waals surface area contributed by atoms with E-state index in [1.807, 2.05) is 25.1 Å². The third-order valence-corrected chi connectivity index (χ3v) is 6.44. The number of nitrogens with zero attached hydrogens (tertiary/aromatic N) is 3. The molecular weight excluding hydrogens is 486 g/mol. The molecule has 0 bridgehead atoms. The number of carbonyl (C=O) groups excluding carboxylic acids is 2. The molecule has 0 saturated carbocycles. The molecule has 1 atom stereocenters. The van der Waals surface area contributed by atoms with Crippen LogP contribution in [0.1, 0.15) is 31.7 Å². The summed E-state index contributed by atoms with van der Waals surface area (Å²) in [4.78, 5) is 38.8. The number of rotatable bonds is 8. The first-order valence-corrected chi connectivity index (χ1v) is 12.8. The first-order valence-electron chi connectivity index (χ1n) is 12.8. The minimum absolute atomic E-state index is 0.112. The van der Waals surface area contributed by atoms with Crippen LogP contribution in [0, 0.1) is 0 Å². The van der Waals surface area contributed by atoms with Gasteiger partial charge in [0, 0.05) is 48.5 Å². The second kappa shape index (κ2) is 12.7. The van der Waals surface area contributed by atoms with Crippen molar-refractivity contribution in [3.05, 3.63) is 76.5 Å². The average molecular weight is 522 g/mol. The molecule has 202 valence electrons. The fraction of sp³-hybridized carbons (Fsp3) is 0.393. The van der Waals surface area contributed by atoms with Crippen molar-refractivity contribution < 1.29 is 24.3 Å². The summed E-state index contributed by atoms with van der Waals surface area (Å²) < 4.78 is 5.46. The van der Waals surface area contributed by atoms with Gasteiger partial charge in [-0.15, -0.1) is 0 Å². The fourth-order valence-corrected chi connectivity index (χ4v) is 4.40. The number of fused-ring (bicyclic) bond motifs is 1. The molecule has 0 spiro atoms. The lowest BCUT2D eigenvalue weighted by Crippen LogP contribution is -2.47. The standard InChI is InChI=1S/C28H35N5O5/c1-2-11-33(38-18-19-3-8-23(29)9-4-19)28(36)22-14-21-6-5-20(7-10-25(21)31-26(30)15-22)27(35)32-12-13-37-24(16-32)17-34/h3-6,8-10,14,24,34H,2,7,11-13,15-18,29H2,1H3,(H2,30,31). The number of hydroxylamine groups is 2. The fourth-order valence-electron chi connectivity index (χ4n) is 4.40. The number of ether oxygens (including phenoxy) is 1. The zero-order valence-corrected chi connectivity index (χ0v) is 21.6. The number of anilines is 1. The van der Waals surface area contributed by atoms with Gasteiger partial charge in [-0.25, -0.2) is 10.1 Å². The SMILES string of the molecule is CCCN(OCc1ccc(N)cc1)C(=O)C1=CC2=CC=C(C(=O)N3CCOC(CO)C3)CC=C2N=C(N)C1. The van der Waals surface area contributed by atoms with E-state index < -0.39 is 0 Å². The maximum atomic E-state index is 13.5. The van der Waals surface area contributed by atoms with E-state index in [2.05, 4.69) is 4.99 Å². The van der Waals surface area contributed by atoms with Crippen molar-refractivity contribution in [1.82, 2.24) is 9.96 Å². The molecule has 2 aliphatic heterocycles. The van der Waals surface area contributed by atoms with E-state index in [9.17, 15) is 14.7 Å². The zero-order valence-electron chi connectivity index (χ0n) is 21.6. The van der Waals surface area contributed by atoms with Gasteiger partial charge in [-0.05, 0) is 36.6 Å². The van der Waals surface area contributed by atoms with Crippen LogP contribution in [0.25, 0.3) is 0 Å². The molecule has 3 aliphatic rings. The van der Waals surface area contributed by atoms with Crippen molar-refractivity contribution >= 4 is 23.3 Å². The number of amidine groups is 1. The number of hydrogen-bond acceptors (Lipinski definition) is 8. The second-order valence-electron chi connectivity index (χ2n) is 9.41. The summed E-state index contributed by atoms with van der Waals surface area (Å²) in [6.45, 7) is 3.67. The number of aliphatic hydroxyl groups excluding tert-OH is 1. The van der Waals surface area contributed by atoms with Crippen molar-refractivity contribution in [2.75, 3.05) is 38.6 Å². The van der Waals surface area contributed by atoms with Crippen molar-refractivity contribution in [3.63, 3.8) is 0 Å². The molecule has 10 nitrogen and oxygen atoms in total. The Hall–Kier alpha value is -3.73. The van der Waals surface area contributed by atoms with Crippen LogP contribution in [0.4, 0.5) is 5.69 Å². The summed E-state index contributed by atoms with van der Waals surface area (Å²) >= 11 is 0. The number of aliphatic hydroxyl groups is 1. The minimum Gasteiger partial charge on any atom is -0.399 e. The molecule has 1 unspecified atom stereocenters. The molecular formula is C28H35N5O5. The van der Waals surface area contributed by atoms with E-state index in [-0.39, 0.29) is 37.6 Å². The predicted molar refractivity (Wildman–Crippen MR) is 144 cm³/mol. The molecule has 1 aromatic rings. The summed E-state index contributed by atoms with van der Waals surface area (Å²) in [6.07, 6.45) is 8.08. The molecule has 10 heteroatoms.